The predicted octanol–water partition coefficient (Wildman–Crippen LogP) is 3.90. The van der Waals surface area contributed by atoms with Gasteiger partial charge in [-0.25, -0.2) is 4.98 Å². The van der Waals surface area contributed by atoms with Gasteiger partial charge in [-0.15, -0.1) is 0 Å². The summed E-state index contributed by atoms with van der Waals surface area (Å²) in [5.74, 6) is 0.928. The van der Waals surface area contributed by atoms with Crippen molar-refractivity contribution in [1.29, 1.82) is 0 Å². The smallest absolute Gasteiger partial charge is 0.255 e. The van der Waals surface area contributed by atoms with E-state index in [1.54, 1.807) is 0 Å². The number of ether oxygens (including phenoxy) is 1. The third-order valence-electron chi connectivity index (χ3n) is 5.28. The molecular formula is C23H19N3O2. The van der Waals surface area contributed by atoms with Crippen LogP contribution in [0.1, 0.15) is 11.1 Å². The fraction of sp³-hybridized carbons (Fsp3) is 0.130. The maximum absolute atomic E-state index is 11.2. The lowest BCUT2D eigenvalue weighted by atomic mass is 9.92. The molecule has 1 aliphatic rings. The molecule has 28 heavy (non-hydrogen) atoms. The molecule has 4 aromatic rings. The number of primary amides is 1. The Labute approximate surface area is 162 Å². The number of nitrogens with zero attached hydrogens (tertiary/aromatic N) is 2. The largest absolute Gasteiger partial charge is 0.483 e. The highest BCUT2D eigenvalue weighted by Gasteiger charge is 2.24. The second kappa shape index (κ2) is 6.23. The molecule has 5 rings (SSSR count). The van der Waals surface area contributed by atoms with Gasteiger partial charge in [-0.1, -0.05) is 42.5 Å². The van der Waals surface area contributed by atoms with Crippen LogP contribution in [0.4, 0.5) is 0 Å². The van der Waals surface area contributed by atoms with E-state index in [1.165, 1.54) is 22.3 Å². The molecule has 138 valence electrons. The van der Waals surface area contributed by atoms with Crippen LogP contribution >= 0.6 is 0 Å². The van der Waals surface area contributed by atoms with Crippen LogP contribution in [0.3, 0.4) is 0 Å². The highest BCUT2D eigenvalue weighted by Crippen LogP contribution is 2.41. The van der Waals surface area contributed by atoms with Crippen molar-refractivity contribution >= 4 is 16.9 Å². The number of hydrogen-bond acceptors (Lipinski definition) is 3. The first-order chi connectivity index (χ1) is 13.6. The van der Waals surface area contributed by atoms with Crippen molar-refractivity contribution in [1.82, 2.24) is 9.55 Å². The summed E-state index contributed by atoms with van der Waals surface area (Å²) >= 11 is 0. The van der Waals surface area contributed by atoms with E-state index >= 15 is 0 Å². The van der Waals surface area contributed by atoms with Crippen LogP contribution in [-0.4, -0.2) is 22.1 Å². The minimum atomic E-state index is -0.503. The third-order valence-corrected chi connectivity index (χ3v) is 5.28. The molecule has 0 unspecified atom stereocenters. The Hall–Kier alpha value is -3.60. The van der Waals surface area contributed by atoms with E-state index in [2.05, 4.69) is 35.8 Å². The number of carbonyl (C=O) groups is 1. The number of carbonyl (C=O) groups excluding carboxylic acids is 1. The lowest BCUT2D eigenvalue weighted by Gasteiger charge is -2.22. The number of rotatable bonds is 4. The number of hydrogen-bond donors (Lipinski definition) is 1. The summed E-state index contributed by atoms with van der Waals surface area (Å²) in [6.45, 7) is 2.73. The molecule has 2 heterocycles. The first-order valence-corrected chi connectivity index (χ1v) is 9.22. The second-order valence-electron chi connectivity index (χ2n) is 7.05. The molecule has 0 spiro atoms. The van der Waals surface area contributed by atoms with Gasteiger partial charge in [0, 0.05) is 5.56 Å². The van der Waals surface area contributed by atoms with Crippen molar-refractivity contribution in [3.05, 3.63) is 71.8 Å². The molecular weight excluding hydrogens is 350 g/mol. The number of para-hydroxylation sites is 2. The number of fused-ring (bicyclic) bond motifs is 2. The zero-order valence-corrected chi connectivity index (χ0v) is 15.5. The number of aromatic nitrogens is 2. The Morgan fingerprint density at radius 1 is 1.04 bits per heavy atom. The zero-order valence-electron chi connectivity index (χ0n) is 15.5. The molecule has 0 bridgehead atoms. The van der Waals surface area contributed by atoms with Crippen LogP contribution in [0.5, 0.6) is 5.75 Å². The molecule has 3 aromatic carbocycles. The Bertz CT molecular complexity index is 1240. The van der Waals surface area contributed by atoms with Gasteiger partial charge >= 0.3 is 0 Å². The molecule has 0 radical (unpaired) electrons. The van der Waals surface area contributed by atoms with Crippen molar-refractivity contribution in [3.8, 4) is 28.3 Å². The summed E-state index contributed by atoms with van der Waals surface area (Å²) in [6, 6.07) is 20.3. The Morgan fingerprint density at radius 3 is 2.64 bits per heavy atom. The molecule has 5 nitrogen and oxygen atoms in total. The quantitative estimate of drug-likeness (QED) is 0.522. The summed E-state index contributed by atoms with van der Waals surface area (Å²) in [5, 5.41) is 0. The maximum atomic E-state index is 11.2. The molecule has 5 heteroatoms. The number of benzene rings is 3. The molecule has 0 saturated carbocycles. The lowest BCUT2D eigenvalue weighted by molar-refractivity contribution is -0.119. The first kappa shape index (κ1) is 16.6. The molecule has 1 amide bonds. The van der Waals surface area contributed by atoms with Crippen molar-refractivity contribution in [2.45, 2.75) is 13.5 Å². The average Bonchev–Trinajstić information content (AvgIpc) is 3.07. The molecule has 0 aliphatic carbocycles. The normalized spacial score (nSPS) is 12.0. The van der Waals surface area contributed by atoms with Gasteiger partial charge in [-0.2, -0.15) is 0 Å². The lowest BCUT2D eigenvalue weighted by Crippen LogP contribution is -2.20. The zero-order chi connectivity index (χ0) is 19.3. The van der Waals surface area contributed by atoms with Gasteiger partial charge in [0.2, 0.25) is 0 Å². The number of nitrogens with two attached hydrogens (primary N) is 1. The van der Waals surface area contributed by atoms with Crippen molar-refractivity contribution in [2.24, 2.45) is 5.73 Å². The van der Waals surface area contributed by atoms with Crippen LogP contribution < -0.4 is 10.5 Å². The number of amides is 1. The standard InChI is InChI=1S/C23H19N3O2/c1-14-6-4-8-15-16-9-5-10-19-22(16)26(12-18(14)15)23(25-19)17-7-2-3-11-20(17)28-13-21(24)27/h2-11H,12-13H2,1H3,(H2,24,27). The van der Waals surface area contributed by atoms with Gasteiger partial charge in [0.15, 0.2) is 6.61 Å². The van der Waals surface area contributed by atoms with Crippen LogP contribution in [-0.2, 0) is 11.3 Å². The summed E-state index contributed by atoms with van der Waals surface area (Å²) < 4.78 is 7.90. The highest BCUT2D eigenvalue weighted by atomic mass is 16.5. The van der Waals surface area contributed by atoms with Gasteiger partial charge < -0.3 is 15.0 Å². The van der Waals surface area contributed by atoms with E-state index in [-0.39, 0.29) is 6.61 Å². The molecule has 0 atom stereocenters. The van der Waals surface area contributed by atoms with Crippen LogP contribution in [0.25, 0.3) is 33.5 Å². The van der Waals surface area contributed by atoms with Gasteiger partial charge in [0.1, 0.15) is 11.6 Å². The van der Waals surface area contributed by atoms with Gasteiger partial charge in [-0.3, -0.25) is 4.79 Å². The summed E-state index contributed by atoms with van der Waals surface area (Å²) in [5.41, 5.74) is 13.2. The Morgan fingerprint density at radius 2 is 1.79 bits per heavy atom. The van der Waals surface area contributed by atoms with Crippen molar-refractivity contribution in [3.63, 3.8) is 0 Å². The van der Waals surface area contributed by atoms with Gasteiger partial charge in [0.05, 0.1) is 23.1 Å². The monoisotopic (exact) mass is 369 g/mol. The first-order valence-electron chi connectivity index (χ1n) is 9.22. The molecule has 1 aromatic heterocycles. The minimum Gasteiger partial charge on any atom is -0.483 e. The maximum Gasteiger partial charge on any atom is 0.255 e. The third kappa shape index (κ3) is 2.47. The SMILES string of the molecule is Cc1cccc2c1Cn1c(-c3ccccc3OCC(N)=O)nc3cccc-2c31. The summed E-state index contributed by atoms with van der Waals surface area (Å²) in [6.07, 6.45) is 0. The highest BCUT2D eigenvalue weighted by molar-refractivity contribution is 5.97. The van der Waals surface area contributed by atoms with Crippen molar-refractivity contribution in [2.75, 3.05) is 6.61 Å². The van der Waals surface area contributed by atoms with Gasteiger partial charge in [-0.05, 0) is 41.8 Å². The average molecular weight is 369 g/mol. The van der Waals surface area contributed by atoms with Gasteiger partial charge in [0.25, 0.3) is 5.91 Å². The van der Waals surface area contributed by atoms with E-state index in [0.717, 1.165) is 29.0 Å². The molecule has 0 fully saturated rings. The fourth-order valence-corrected chi connectivity index (χ4v) is 4.01. The Kier molecular flexibility index (Phi) is 3.69. The topological polar surface area (TPSA) is 70.1 Å². The second-order valence-corrected chi connectivity index (χ2v) is 7.05. The number of aryl methyl sites for hydroxylation is 1. The molecule has 2 N–H and O–H groups in total. The fourth-order valence-electron chi connectivity index (χ4n) is 4.01. The van der Waals surface area contributed by atoms with Crippen LogP contribution in [0.2, 0.25) is 0 Å². The van der Waals surface area contributed by atoms with E-state index in [4.69, 9.17) is 15.5 Å². The van der Waals surface area contributed by atoms with E-state index in [0.29, 0.717) is 5.75 Å². The van der Waals surface area contributed by atoms with Crippen LogP contribution in [0.15, 0.2) is 60.7 Å². The summed E-state index contributed by atoms with van der Waals surface area (Å²) in [4.78, 5) is 16.1. The van der Waals surface area contributed by atoms with E-state index in [9.17, 15) is 4.79 Å². The van der Waals surface area contributed by atoms with E-state index < -0.39 is 5.91 Å². The van der Waals surface area contributed by atoms with E-state index in [1.807, 2.05) is 36.4 Å². The predicted molar refractivity (Wildman–Crippen MR) is 109 cm³/mol. The summed E-state index contributed by atoms with van der Waals surface area (Å²) in [7, 11) is 0. The number of imidazole rings is 1. The van der Waals surface area contributed by atoms with Crippen molar-refractivity contribution < 1.29 is 9.53 Å². The molecule has 1 aliphatic heterocycles. The van der Waals surface area contributed by atoms with Crippen LogP contribution in [0, 0.1) is 6.92 Å². The minimum absolute atomic E-state index is 0.162. The molecule has 0 saturated heterocycles. The Balaban J connectivity index is 1.75.